The van der Waals surface area contributed by atoms with Gasteiger partial charge >= 0.3 is 0 Å². The largest absolute Gasteiger partial charge is 0.508 e. The molecular formula is C21H34N2O. The molecule has 134 valence electrons. The Labute approximate surface area is 147 Å². The number of hydrogen-bond donors (Lipinski definition) is 1. The van der Waals surface area contributed by atoms with Crippen LogP contribution in [0.25, 0.3) is 0 Å². The highest BCUT2D eigenvalue weighted by atomic mass is 16.3. The Morgan fingerprint density at radius 2 is 1.88 bits per heavy atom. The number of nitrogens with zero attached hydrogens (tertiary/aromatic N) is 2. The molecule has 0 radical (unpaired) electrons. The third-order valence-corrected chi connectivity index (χ3v) is 7.03. The summed E-state index contributed by atoms with van der Waals surface area (Å²) in [5.41, 5.74) is 2.89. The molecule has 3 nitrogen and oxygen atoms in total. The van der Waals surface area contributed by atoms with Crippen LogP contribution in [-0.4, -0.2) is 54.2 Å². The number of phenols is 1. The van der Waals surface area contributed by atoms with Crippen LogP contribution in [0.1, 0.15) is 50.7 Å². The molecule has 2 heterocycles. The molecule has 0 aromatic heterocycles. The normalized spacial score (nSPS) is 32.3. The van der Waals surface area contributed by atoms with Crippen molar-refractivity contribution in [2.24, 2.45) is 5.92 Å². The first-order valence-corrected chi connectivity index (χ1v) is 9.67. The average molecular weight is 331 g/mol. The van der Waals surface area contributed by atoms with E-state index in [4.69, 9.17) is 0 Å². The molecule has 0 saturated carbocycles. The summed E-state index contributed by atoms with van der Waals surface area (Å²) in [6.07, 6.45) is 5.10. The Bertz CT molecular complexity index is 567. The van der Waals surface area contributed by atoms with E-state index in [0.29, 0.717) is 17.7 Å². The predicted molar refractivity (Wildman–Crippen MR) is 101 cm³/mol. The molecule has 3 atom stereocenters. The standard InChI is InChI=1S/C21H34N2O/c1-16-7-8-19(24)15-20(16)21(10-14-23-11-5-6-12-23)9-13-22(4)18(3)17(21)2/h7-8,15,17-18,24H,5-6,9-14H2,1-4H3/t17-,18?,21?/m0/s1. The Kier molecular flexibility index (Phi) is 5.22. The highest BCUT2D eigenvalue weighted by molar-refractivity contribution is 5.41. The summed E-state index contributed by atoms with van der Waals surface area (Å²) >= 11 is 0. The molecule has 3 heteroatoms. The van der Waals surface area contributed by atoms with Crippen molar-refractivity contribution in [2.75, 3.05) is 33.2 Å². The van der Waals surface area contributed by atoms with E-state index < -0.39 is 0 Å². The lowest BCUT2D eigenvalue weighted by Gasteiger charge is -2.51. The zero-order chi connectivity index (χ0) is 17.3. The molecule has 2 fully saturated rings. The quantitative estimate of drug-likeness (QED) is 0.910. The monoisotopic (exact) mass is 330 g/mol. The van der Waals surface area contributed by atoms with Crippen LogP contribution in [0.15, 0.2) is 18.2 Å². The molecule has 3 rings (SSSR count). The summed E-state index contributed by atoms with van der Waals surface area (Å²) in [5.74, 6) is 0.995. The number of benzene rings is 1. The average Bonchev–Trinajstić information content (AvgIpc) is 3.09. The fourth-order valence-electron chi connectivity index (χ4n) is 5.03. The van der Waals surface area contributed by atoms with Gasteiger partial charge in [0.25, 0.3) is 0 Å². The van der Waals surface area contributed by atoms with Crippen LogP contribution in [-0.2, 0) is 5.41 Å². The van der Waals surface area contributed by atoms with Crippen molar-refractivity contribution >= 4 is 0 Å². The smallest absolute Gasteiger partial charge is 0.115 e. The second-order valence-corrected chi connectivity index (χ2v) is 8.21. The summed E-state index contributed by atoms with van der Waals surface area (Å²) in [6.45, 7) is 11.9. The van der Waals surface area contributed by atoms with Crippen LogP contribution in [0.2, 0.25) is 0 Å². The van der Waals surface area contributed by atoms with Gasteiger partial charge in [0.2, 0.25) is 0 Å². The molecule has 2 saturated heterocycles. The molecule has 2 unspecified atom stereocenters. The summed E-state index contributed by atoms with van der Waals surface area (Å²) < 4.78 is 0. The fraction of sp³-hybridized carbons (Fsp3) is 0.714. The first kappa shape index (κ1) is 17.8. The second kappa shape index (κ2) is 7.05. The van der Waals surface area contributed by atoms with E-state index >= 15 is 0 Å². The zero-order valence-corrected chi connectivity index (χ0v) is 15.9. The van der Waals surface area contributed by atoms with Gasteiger partial charge in [0, 0.05) is 11.5 Å². The van der Waals surface area contributed by atoms with Crippen molar-refractivity contribution < 1.29 is 5.11 Å². The number of likely N-dealkylation sites (tertiary alicyclic amines) is 2. The maximum absolute atomic E-state index is 10.1. The topological polar surface area (TPSA) is 26.7 Å². The molecule has 1 N–H and O–H groups in total. The summed E-state index contributed by atoms with van der Waals surface area (Å²) in [5, 5.41) is 10.1. The molecule has 2 aliphatic heterocycles. The van der Waals surface area contributed by atoms with E-state index in [2.05, 4.69) is 43.7 Å². The van der Waals surface area contributed by atoms with E-state index in [1.807, 2.05) is 12.1 Å². The van der Waals surface area contributed by atoms with Gasteiger partial charge in [-0.1, -0.05) is 13.0 Å². The molecule has 0 amide bonds. The number of rotatable bonds is 4. The van der Waals surface area contributed by atoms with E-state index in [9.17, 15) is 5.11 Å². The lowest BCUT2D eigenvalue weighted by Crippen LogP contribution is -2.53. The number of aromatic hydroxyl groups is 1. The highest BCUT2D eigenvalue weighted by Gasteiger charge is 2.45. The third kappa shape index (κ3) is 3.21. The molecule has 0 bridgehead atoms. The molecule has 0 spiro atoms. The molecule has 2 aliphatic rings. The van der Waals surface area contributed by atoms with Crippen LogP contribution in [0.5, 0.6) is 5.75 Å². The van der Waals surface area contributed by atoms with Gasteiger partial charge in [-0.3, -0.25) is 0 Å². The Hall–Kier alpha value is -1.06. The maximum Gasteiger partial charge on any atom is 0.115 e. The number of piperidine rings is 1. The Morgan fingerprint density at radius 1 is 1.17 bits per heavy atom. The third-order valence-electron chi connectivity index (χ3n) is 7.03. The van der Waals surface area contributed by atoms with Crippen molar-refractivity contribution in [1.29, 1.82) is 0 Å². The lowest BCUT2D eigenvalue weighted by molar-refractivity contribution is 0.0522. The second-order valence-electron chi connectivity index (χ2n) is 8.21. The predicted octanol–water partition coefficient (Wildman–Crippen LogP) is 3.78. The molecule has 1 aromatic carbocycles. The van der Waals surface area contributed by atoms with Crippen LogP contribution in [0, 0.1) is 12.8 Å². The van der Waals surface area contributed by atoms with Crippen molar-refractivity contribution in [3.63, 3.8) is 0 Å². The minimum absolute atomic E-state index is 0.178. The van der Waals surface area contributed by atoms with E-state index in [1.54, 1.807) is 0 Å². The molecule has 1 aromatic rings. The van der Waals surface area contributed by atoms with Gasteiger partial charge in [-0.2, -0.15) is 0 Å². The van der Waals surface area contributed by atoms with Crippen LogP contribution in [0.4, 0.5) is 0 Å². The highest BCUT2D eigenvalue weighted by Crippen LogP contribution is 2.47. The number of hydrogen-bond acceptors (Lipinski definition) is 3. The van der Waals surface area contributed by atoms with Crippen LogP contribution < -0.4 is 0 Å². The van der Waals surface area contributed by atoms with Crippen molar-refractivity contribution in [3.05, 3.63) is 29.3 Å². The van der Waals surface area contributed by atoms with Gasteiger partial charge in [0.05, 0.1) is 0 Å². The van der Waals surface area contributed by atoms with Crippen LogP contribution in [0.3, 0.4) is 0 Å². The first-order chi connectivity index (χ1) is 11.4. The molecule has 0 aliphatic carbocycles. The summed E-state index contributed by atoms with van der Waals surface area (Å²) in [4.78, 5) is 5.13. The number of phenolic OH excluding ortho intramolecular Hbond substituents is 1. The van der Waals surface area contributed by atoms with Gasteiger partial charge in [-0.15, -0.1) is 0 Å². The van der Waals surface area contributed by atoms with Gasteiger partial charge < -0.3 is 14.9 Å². The van der Waals surface area contributed by atoms with Crippen molar-refractivity contribution in [2.45, 2.75) is 57.9 Å². The van der Waals surface area contributed by atoms with E-state index in [-0.39, 0.29) is 5.41 Å². The maximum atomic E-state index is 10.1. The SMILES string of the molecule is Cc1ccc(O)cc1C1(CCN2CCCC2)CCN(C)C(C)[C@@H]1C. The van der Waals surface area contributed by atoms with Crippen molar-refractivity contribution in [3.8, 4) is 5.75 Å². The van der Waals surface area contributed by atoms with Crippen molar-refractivity contribution in [1.82, 2.24) is 9.80 Å². The van der Waals surface area contributed by atoms with Gasteiger partial charge in [-0.05, 0) is 102 Å². The summed E-state index contributed by atoms with van der Waals surface area (Å²) in [6, 6.07) is 6.54. The fourth-order valence-corrected chi connectivity index (χ4v) is 5.03. The van der Waals surface area contributed by atoms with Gasteiger partial charge in [-0.25, -0.2) is 0 Å². The summed E-state index contributed by atoms with van der Waals surface area (Å²) in [7, 11) is 2.25. The van der Waals surface area contributed by atoms with E-state index in [0.717, 1.165) is 6.54 Å². The van der Waals surface area contributed by atoms with Gasteiger partial charge in [0.15, 0.2) is 0 Å². The van der Waals surface area contributed by atoms with E-state index in [1.165, 1.54) is 56.4 Å². The zero-order valence-electron chi connectivity index (χ0n) is 15.9. The lowest BCUT2D eigenvalue weighted by atomic mass is 9.61. The number of aryl methyl sites for hydroxylation is 1. The van der Waals surface area contributed by atoms with Gasteiger partial charge in [0.1, 0.15) is 5.75 Å². The molecular weight excluding hydrogens is 296 g/mol. The Balaban J connectivity index is 1.94. The Morgan fingerprint density at radius 3 is 2.58 bits per heavy atom. The minimum Gasteiger partial charge on any atom is -0.508 e. The van der Waals surface area contributed by atoms with Crippen LogP contribution >= 0.6 is 0 Å². The first-order valence-electron chi connectivity index (χ1n) is 9.67. The minimum atomic E-state index is 0.178. The molecule has 24 heavy (non-hydrogen) atoms.